The van der Waals surface area contributed by atoms with Crippen LogP contribution in [0.25, 0.3) is 0 Å². The fourth-order valence-electron chi connectivity index (χ4n) is 1.17. The molecule has 0 fully saturated rings. The molecular formula is C11H10N4O2. The van der Waals surface area contributed by atoms with Crippen LogP contribution in [0.1, 0.15) is 5.56 Å². The van der Waals surface area contributed by atoms with Crippen LogP contribution in [0.2, 0.25) is 0 Å². The maximum absolute atomic E-state index is 10.9. The summed E-state index contributed by atoms with van der Waals surface area (Å²) < 4.78 is 0. The zero-order chi connectivity index (χ0) is 12.1. The summed E-state index contributed by atoms with van der Waals surface area (Å²) in [6.07, 6.45) is 2.95. The monoisotopic (exact) mass is 230 g/mol. The van der Waals surface area contributed by atoms with Gasteiger partial charge in [0.1, 0.15) is 11.6 Å². The third-order valence-electron chi connectivity index (χ3n) is 1.97. The highest BCUT2D eigenvalue weighted by molar-refractivity contribution is 5.80. The highest BCUT2D eigenvalue weighted by Crippen LogP contribution is 2.07. The topological polar surface area (TPSA) is 90.4 Å². The highest BCUT2D eigenvalue weighted by Gasteiger charge is 1.91. The molecule has 3 N–H and O–H groups in total. The largest absolute Gasteiger partial charge is 0.508 e. The summed E-state index contributed by atoms with van der Waals surface area (Å²) in [5, 5.41) is 13.0. The standard InChI is InChI=1S/C11H10N4O2/c16-9-3-1-8(2-4-9)7-13-15-10-5-6-12-11(17)14-10/h1-7,16H,(H2,12,14,15,17). The molecule has 1 aromatic carbocycles. The average Bonchev–Trinajstić information content (AvgIpc) is 2.32. The Balaban J connectivity index is 2.02. The average molecular weight is 230 g/mol. The van der Waals surface area contributed by atoms with Gasteiger partial charge in [-0.05, 0) is 35.9 Å². The maximum Gasteiger partial charge on any atom is 0.346 e. The van der Waals surface area contributed by atoms with Crippen molar-refractivity contribution in [2.24, 2.45) is 5.10 Å². The number of aromatic amines is 1. The van der Waals surface area contributed by atoms with E-state index in [9.17, 15) is 4.79 Å². The van der Waals surface area contributed by atoms with E-state index in [2.05, 4.69) is 20.5 Å². The predicted octanol–water partition coefficient (Wildman–Crippen LogP) is 0.921. The number of hydrogen-bond donors (Lipinski definition) is 3. The molecule has 0 amide bonds. The summed E-state index contributed by atoms with van der Waals surface area (Å²) in [5.74, 6) is 0.661. The summed E-state index contributed by atoms with van der Waals surface area (Å²) in [7, 11) is 0. The Kier molecular flexibility index (Phi) is 3.15. The minimum atomic E-state index is -0.435. The van der Waals surface area contributed by atoms with Crippen LogP contribution in [0.4, 0.5) is 5.82 Å². The zero-order valence-electron chi connectivity index (χ0n) is 8.79. The van der Waals surface area contributed by atoms with Crippen molar-refractivity contribution >= 4 is 12.0 Å². The third kappa shape index (κ3) is 3.16. The Morgan fingerprint density at radius 2 is 2.06 bits per heavy atom. The Labute approximate surface area is 96.7 Å². The summed E-state index contributed by atoms with van der Waals surface area (Å²) >= 11 is 0. The Hall–Kier alpha value is -2.63. The number of phenols is 1. The fourth-order valence-corrected chi connectivity index (χ4v) is 1.17. The molecule has 0 aliphatic rings. The number of H-pyrrole nitrogens is 1. The van der Waals surface area contributed by atoms with Crippen LogP contribution in [0.5, 0.6) is 5.75 Å². The lowest BCUT2D eigenvalue weighted by Gasteiger charge is -1.98. The Morgan fingerprint density at radius 3 is 2.76 bits per heavy atom. The van der Waals surface area contributed by atoms with Crippen LogP contribution in [-0.2, 0) is 0 Å². The van der Waals surface area contributed by atoms with Crippen molar-refractivity contribution in [2.75, 3.05) is 5.43 Å². The van der Waals surface area contributed by atoms with Gasteiger partial charge in [0.25, 0.3) is 0 Å². The fraction of sp³-hybridized carbons (Fsp3) is 0. The molecule has 0 saturated carbocycles. The molecule has 1 aromatic heterocycles. The highest BCUT2D eigenvalue weighted by atomic mass is 16.3. The molecule has 6 heteroatoms. The van der Waals surface area contributed by atoms with E-state index in [1.54, 1.807) is 36.5 Å². The van der Waals surface area contributed by atoms with Gasteiger partial charge in [0, 0.05) is 6.20 Å². The Morgan fingerprint density at radius 1 is 1.29 bits per heavy atom. The molecule has 6 nitrogen and oxygen atoms in total. The molecule has 17 heavy (non-hydrogen) atoms. The van der Waals surface area contributed by atoms with E-state index in [4.69, 9.17) is 5.11 Å². The van der Waals surface area contributed by atoms with Crippen molar-refractivity contribution in [1.82, 2.24) is 9.97 Å². The summed E-state index contributed by atoms with van der Waals surface area (Å²) in [4.78, 5) is 16.8. The van der Waals surface area contributed by atoms with Gasteiger partial charge >= 0.3 is 5.69 Å². The van der Waals surface area contributed by atoms with Gasteiger partial charge in [-0.3, -0.25) is 10.4 Å². The van der Waals surface area contributed by atoms with Gasteiger partial charge in [-0.1, -0.05) is 0 Å². The molecule has 0 aliphatic heterocycles. The van der Waals surface area contributed by atoms with Gasteiger partial charge in [0.2, 0.25) is 0 Å². The van der Waals surface area contributed by atoms with Crippen LogP contribution in [0.3, 0.4) is 0 Å². The normalized spacial score (nSPS) is 10.6. The predicted molar refractivity (Wildman–Crippen MR) is 64.2 cm³/mol. The number of aromatic nitrogens is 2. The van der Waals surface area contributed by atoms with E-state index in [-0.39, 0.29) is 5.75 Å². The SMILES string of the molecule is O=c1nccc(NN=Cc2ccc(O)cc2)[nH]1. The van der Waals surface area contributed by atoms with E-state index in [1.165, 1.54) is 6.20 Å². The minimum absolute atomic E-state index is 0.202. The lowest BCUT2D eigenvalue weighted by atomic mass is 10.2. The molecule has 1 heterocycles. The van der Waals surface area contributed by atoms with E-state index in [0.717, 1.165) is 5.56 Å². The number of rotatable bonds is 3. The second-order valence-electron chi connectivity index (χ2n) is 3.25. The number of nitrogens with one attached hydrogen (secondary N) is 2. The molecule has 2 aromatic rings. The summed E-state index contributed by atoms with van der Waals surface area (Å²) in [6, 6.07) is 8.16. The first-order valence-electron chi connectivity index (χ1n) is 4.87. The second kappa shape index (κ2) is 4.93. The first-order valence-corrected chi connectivity index (χ1v) is 4.87. The van der Waals surface area contributed by atoms with Crippen molar-refractivity contribution < 1.29 is 5.11 Å². The van der Waals surface area contributed by atoms with Gasteiger partial charge in [-0.25, -0.2) is 9.78 Å². The molecule has 0 saturated heterocycles. The van der Waals surface area contributed by atoms with Gasteiger partial charge in [0.05, 0.1) is 6.21 Å². The van der Waals surface area contributed by atoms with Crippen molar-refractivity contribution in [2.45, 2.75) is 0 Å². The molecular weight excluding hydrogens is 220 g/mol. The molecule has 0 unspecified atom stereocenters. The first kappa shape index (κ1) is 10.9. The molecule has 0 aliphatic carbocycles. The van der Waals surface area contributed by atoms with Crippen molar-refractivity contribution in [3.63, 3.8) is 0 Å². The van der Waals surface area contributed by atoms with Crippen LogP contribution in [-0.4, -0.2) is 21.3 Å². The van der Waals surface area contributed by atoms with E-state index < -0.39 is 5.69 Å². The Bertz CT molecular complexity index is 575. The lowest BCUT2D eigenvalue weighted by Crippen LogP contribution is -2.10. The van der Waals surface area contributed by atoms with Crippen molar-refractivity contribution in [1.29, 1.82) is 0 Å². The van der Waals surface area contributed by atoms with Crippen molar-refractivity contribution in [3.8, 4) is 5.75 Å². The molecule has 0 bridgehead atoms. The molecule has 86 valence electrons. The smallest absolute Gasteiger partial charge is 0.346 e. The van der Waals surface area contributed by atoms with Gasteiger partial charge in [0.15, 0.2) is 0 Å². The van der Waals surface area contributed by atoms with Crippen molar-refractivity contribution in [3.05, 3.63) is 52.6 Å². The van der Waals surface area contributed by atoms with Crippen LogP contribution in [0.15, 0.2) is 46.4 Å². The minimum Gasteiger partial charge on any atom is -0.508 e. The van der Waals surface area contributed by atoms with Gasteiger partial charge < -0.3 is 5.11 Å². The number of nitrogens with zero attached hydrogens (tertiary/aromatic N) is 2. The number of hydrogen-bond acceptors (Lipinski definition) is 5. The number of aromatic hydroxyl groups is 1. The van der Waals surface area contributed by atoms with Gasteiger partial charge in [-0.2, -0.15) is 5.10 Å². The molecule has 0 spiro atoms. The second-order valence-corrected chi connectivity index (χ2v) is 3.25. The zero-order valence-corrected chi connectivity index (χ0v) is 8.79. The number of hydrazone groups is 1. The summed E-state index contributed by atoms with van der Waals surface area (Å²) in [5.41, 5.74) is 3.05. The molecule has 0 atom stereocenters. The van der Waals surface area contributed by atoms with Crippen LogP contribution in [0, 0.1) is 0 Å². The molecule has 0 radical (unpaired) electrons. The number of anilines is 1. The maximum atomic E-state index is 10.9. The third-order valence-corrected chi connectivity index (χ3v) is 1.97. The first-order chi connectivity index (χ1) is 8.24. The van der Waals surface area contributed by atoms with Crippen LogP contribution >= 0.6 is 0 Å². The van der Waals surface area contributed by atoms with E-state index in [1.807, 2.05) is 0 Å². The van der Waals surface area contributed by atoms with Gasteiger partial charge in [-0.15, -0.1) is 0 Å². The number of phenolic OH excluding ortho intramolecular Hbond substituents is 1. The molecule has 2 rings (SSSR count). The quantitative estimate of drug-likeness (QED) is 0.540. The summed E-state index contributed by atoms with van der Waals surface area (Å²) in [6.45, 7) is 0. The van der Waals surface area contributed by atoms with E-state index >= 15 is 0 Å². The van der Waals surface area contributed by atoms with E-state index in [0.29, 0.717) is 5.82 Å². The van der Waals surface area contributed by atoms with Crippen LogP contribution < -0.4 is 11.1 Å². The number of benzene rings is 1. The lowest BCUT2D eigenvalue weighted by molar-refractivity contribution is 0.475.